The number of nitrogens with zero attached hydrogens (tertiary/aromatic N) is 4. The van der Waals surface area contributed by atoms with E-state index in [2.05, 4.69) is 10.5 Å². The van der Waals surface area contributed by atoms with Crippen LogP contribution in [-0.2, 0) is 6.42 Å². The molecule has 2 aromatic rings. The number of nitro benzene ring substituents is 3. The van der Waals surface area contributed by atoms with E-state index in [1.807, 2.05) is 13.0 Å². The topological polar surface area (TPSA) is 167 Å². The lowest BCUT2D eigenvalue weighted by Crippen LogP contribution is -2.06. The van der Waals surface area contributed by atoms with Crippen LogP contribution in [0.1, 0.15) is 30.9 Å². The van der Waals surface area contributed by atoms with Crippen molar-refractivity contribution in [1.29, 1.82) is 0 Å². The number of rotatable bonds is 7. The van der Waals surface area contributed by atoms with E-state index in [9.17, 15) is 30.3 Å². The van der Waals surface area contributed by atoms with E-state index in [4.69, 9.17) is 4.42 Å². The third kappa shape index (κ3) is 4.05. The Kier molecular flexibility index (Phi) is 5.48. The van der Waals surface area contributed by atoms with Gasteiger partial charge in [-0.15, -0.1) is 0 Å². The fraction of sp³-hybridized carbons (Fsp3) is 0.267. The highest BCUT2D eigenvalue weighted by Gasteiger charge is 2.30. The van der Waals surface area contributed by atoms with Gasteiger partial charge >= 0.3 is 11.4 Å². The fourth-order valence-corrected chi connectivity index (χ4v) is 2.43. The molecule has 0 bridgehead atoms. The van der Waals surface area contributed by atoms with Gasteiger partial charge in [-0.05, 0) is 31.9 Å². The maximum absolute atomic E-state index is 11.2. The number of hydrazone groups is 1. The molecule has 142 valence electrons. The van der Waals surface area contributed by atoms with Gasteiger partial charge < -0.3 is 4.42 Å². The van der Waals surface area contributed by atoms with Gasteiger partial charge in [0.15, 0.2) is 5.76 Å². The summed E-state index contributed by atoms with van der Waals surface area (Å²) in [6.07, 6.45) is 0.650. The van der Waals surface area contributed by atoms with Crippen molar-refractivity contribution in [1.82, 2.24) is 0 Å². The number of non-ortho nitro benzene ring substituents is 1. The van der Waals surface area contributed by atoms with Gasteiger partial charge in [0.1, 0.15) is 11.5 Å². The summed E-state index contributed by atoms with van der Waals surface area (Å²) in [4.78, 5) is 30.5. The molecule has 1 N–H and O–H groups in total. The monoisotopic (exact) mass is 377 g/mol. The van der Waals surface area contributed by atoms with E-state index in [0.29, 0.717) is 35.8 Å². The van der Waals surface area contributed by atoms with Gasteiger partial charge in [0.2, 0.25) is 5.69 Å². The number of nitrogens with one attached hydrogen (secondary N) is 1. The van der Waals surface area contributed by atoms with E-state index < -0.39 is 37.5 Å². The fourth-order valence-electron chi connectivity index (χ4n) is 2.43. The van der Waals surface area contributed by atoms with Crippen LogP contribution in [0.4, 0.5) is 22.7 Å². The van der Waals surface area contributed by atoms with E-state index >= 15 is 0 Å². The first-order chi connectivity index (χ1) is 12.6. The molecule has 0 aliphatic carbocycles. The van der Waals surface area contributed by atoms with Crippen LogP contribution in [-0.4, -0.2) is 20.5 Å². The summed E-state index contributed by atoms with van der Waals surface area (Å²) in [6.45, 7) is 5.21. The Balaban J connectivity index is 2.55. The lowest BCUT2D eigenvalue weighted by molar-refractivity contribution is -0.401. The number of anilines is 1. The van der Waals surface area contributed by atoms with Crippen molar-refractivity contribution in [3.8, 4) is 0 Å². The summed E-state index contributed by atoms with van der Waals surface area (Å²) >= 11 is 0. The molecule has 1 heterocycles. The van der Waals surface area contributed by atoms with Crippen LogP contribution in [0.5, 0.6) is 0 Å². The molecule has 0 spiro atoms. The van der Waals surface area contributed by atoms with E-state index in [1.54, 1.807) is 13.8 Å². The third-order valence-corrected chi connectivity index (χ3v) is 3.66. The molecule has 0 saturated heterocycles. The number of hydrogen-bond acceptors (Lipinski definition) is 9. The molecule has 0 aliphatic heterocycles. The molecular weight excluding hydrogens is 362 g/mol. The highest BCUT2D eigenvalue weighted by Crippen LogP contribution is 2.38. The molecule has 0 saturated carbocycles. The normalized spacial score (nSPS) is 11.3. The second-order valence-electron chi connectivity index (χ2n) is 5.50. The molecule has 0 atom stereocenters. The van der Waals surface area contributed by atoms with Crippen molar-refractivity contribution in [3.63, 3.8) is 0 Å². The van der Waals surface area contributed by atoms with Gasteiger partial charge in [-0.1, -0.05) is 6.92 Å². The van der Waals surface area contributed by atoms with Crippen molar-refractivity contribution < 1.29 is 19.2 Å². The Hall–Kier alpha value is -3.83. The summed E-state index contributed by atoms with van der Waals surface area (Å²) < 4.78 is 5.53. The first-order valence-corrected chi connectivity index (χ1v) is 7.66. The second kappa shape index (κ2) is 7.59. The molecule has 1 aromatic carbocycles. The first kappa shape index (κ1) is 19.5. The quantitative estimate of drug-likeness (QED) is 0.432. The van der Waals surface area contributed by atoms with Gasteiger partial charge in [-0.25, -0.2) is 0 Å². The van der Waals surface area contributed by atoms with Crippen molar-refractivity contribution in [2.75, 3.05) is 5.43 Å². The van der Waals surface area contributed by atoms with Crippen LogP contribution in [0.25, 0.3) is 0 Å². The van der Waals surface area contributed by atoms with Crippen LogP contribution in [0, 0.1) is 37.3 Å². The molecule has 0 fully saturated rings. The number of aryl methyl sites for hydroxylation is 2. The molecule has 12 nitrogen and oxygen atoms in total. The van der Waals surface area contributed by atoms with Gasteiger partial charge in [0.05, 0.1) is 26.9 Å². The minimum absolute atomic E-state index is 0.307. The van der Waals surface area contributed by atoms with Crippen molar-refractivity contribution in [3.05, 3.63) is 65.6 Å². The van der Waals surface area contributed by atoms with Gasteiger partial charge in [-0.2, -0.15) is 5.10 Å². The van der Waals surface area contributed by atoms with Crippen LogP contribution < -0.4 is 5.43 Å². The van der Waals surface area contributed by atoms with E-state index in [0.717, 1.165) is 5.56 Å². The Morgan fingerprint density at radius 1 is 1.07 bits per heavy atom. The van der Waals surface area contributed by atoms with Gasteiger partial charge in [0, 0.05) is 0 Å². The van der Waals surface area contributed by atoms with Crippen molar-refractivity contribution >= 4 is 28.5 Å². The van der Waals surface area contributed by atoms with Crippen molar-refractivity contribution in [2.45, 2.75) is 27.2 Å². The Morgan fingerprint density at radius 2 is 1.63 bits per heavy atom. The highest BCUT2D eigenvalue weighted by molar-refractivity contribution is 5.98. The van der Waals surface area contributed by atoms with E-state index in [-0.39, 0.29) is 0 Å². The SMILES string of the molecule is CCc1cc(C)oc1/C(C)=N\Nc1c([N+](=O)[O-])cc([N+](=O)[O-])cc1[N+](=O)[O-]. The highest BCUT2D eigenvalue weighted by atomic mass is 16.6. The minimum Gasteiger partial charge on any atom is -0.460 e. The average Bonchev–Trinajstić information content (AvgIpc) is 2.99. The maximum atomic E-state index is 11.2. The lowest BCUT2D eigenvalue weighted by atomic mass is 10.1. The Bertz CT molecular complexity index is 928. The zero-order valence-electron chi connectivity index (χ0n) is 14.6. The second-order valence-corrected chi connectivity index (χ2v) is 5.50. The zero-order valence-corrected chi connectivity index (χ0v) is 14.6. The van der Waals surface area contributed by atoms with Crippen LogP contribution in [0.2, 0.25) is 0 Å². The van der Waals surface area contributed by atoms with Crippen LogP contribution >= 0.6 is 0 Å². The summed E-state index contributed by atoms with van der Waals surface area (Å²) in [5.41, 5.74) is 0.452. The summed E-state index contributed by atoms with van der Waals surface area (Å²) in [5, 5.41) is 37.3. The summed E-state index contributed by atoms with van der Waals surface area (Å²) in [6, 6.07) is 3.08. The lowest BCUT2D eigenvalue weighted by Gasteiger charge is -2.05. The zero-order chi connectivity index (χ0) is 20.3. The van der Waals surface area contributed by atoms with Crippen molar-refractivity contribution in [2.24, 2.45) is 5.10 Å². The van der Waals surface area contributed by atoms with E-state index in [1.165, 1.54) is 0 Å². The largest absolute Gasteiger partial charge is 0.460 e. The van der Waals surface area contributed by atoms with Crippen LogP contribution in [0.3, 0.4) is 0 Å². The van der Waals surface area contributed by atoms with Gasteiger partial charge in [-0.3, -0.25) is 35.8 Å². The number of furan rings is 1. The standard InChI is InChI=1S/C15H15N5O7/c1-4-10-5-8(2)27-15(10)9(3)16-17-14-12(19(23)24)6-11(18(21)22)7-13(14)20(25)26/h5-7,17H,4H2,1-3H3/b16-9-. The molecular formula is C15H15N5O7. The smallest absolute Gasteiger partial charge is 0.308 e. The van der Waals surface area contributed by atoms with Crippen LogP contribution in [0.15, 0.2) is 27.7 Å². The summed E-state index contributed by atoms with van der Waals surface area (Å²) in [5.74, 6) is 1.08. The maximum Gasteiger partial charge on any atom is 0.308 e. The predicted molar refractivity (Wildman–Crippen MR) is 95.1 cm³/mol. The molecule has 27 heavy (non-hydrogen) atoms. The molecule has 0 unspecified atom stereocenters. The molecule has 1 aromatic heterocycles. The Morgan fingerprint density at radius 3 is 2.07 bits per heavy atom. The molecule has 0 aliphatic rings. The average molecular weight is 377 g/mol. The molecule has 12 heteroatoms. The molecule has 0 amide bonds. The minimum atomic E-state index is -0.957. The summed E-state index contributed by atoms with van der Waals surface area (Å²) in [7, 11) is 0. The Labute approximate surface area is 151 Å². The molecule has 0 radical (unpaired) electrons. The van der Waals surface area contributed by atoms with Gasteiger partial charge in [0.25, 0.3) is 5.69 Å². The molecule has 2 rings (SSSR count). The third-order valence-electron chi connectivity index (χ3n) is 3.66. The number of nitro groups is 3. The first-order valence-electron chi connectivity index (χ1n) is 7.66. The number of benzene rings is 1. The number of hydrogen-bond donors (Lipinski definition) is 1. The predicted octanol–water partition coefficient (Wildman–Crippen LogP) is 3.71.